The Morgan fingerprint density at radius 1 is 1.04 bits per heavy atom. The van der Waals surface area contributed by atoms with Crippen molar-refractivity contribution in [3.05, 3.63) is 58.7 Å². The highest BCUT2D eigenvalue weighted by atomic mass is 32.2. The molecular weight excluding hydrogens is 360 g/mol. The van der Waals surface area contributed by atoms with Crippen molar-refractivity contribution in [2.24, 2.45) is 0 Å². The van der Waals surface area contributed by atoms with Crippen LogP contribution in [0.4, 0.5) is 5.69 Å². The molecule has 2 rings (SSSR count). The lowest BCUT2D eigenvalue weighted by Gasteiger charge is -2.16. The summed E-state index contributed by atoms with van der Waals surface area (Å²) in [5.74, 6) is -0.301. The molecule has 0 atom stereocenters. The summed E-state index contributed by atoms with van der Waals surface area (Å²) >= 11 is 0. The molecule has 2 aromatic rings. The van der Waals surface area contributed by atoms with E-state index in [2.05, 4.69) is 10.0 Å². The molecule has 5 nitrogen and oxygen atoms in total. The van der Waals surface area contributed by atoms with E-state index < -0.39 is 10.0 Å². The first-order valence-corrected chi connectivity index (χ1v) is 10.7. The Hall–Kier alpha value is -2.18. The monoisotopic (exact) mass is 388 g/mol. The minimum atomic E-state index is -3.66. The Labute approximate surface area is 162 Å². The third kappa shape index (κ3) is 4.96. The van der Waals surface area contributed by atoms with Crippen LogP contribution in [0.25, 0.3) is 0 Å². The van der Waals surface area contributed by atoms with Crippen LogP contribution in [0, 0.1) is 6.92 Å². The minimum Gasteiger partial charge on any atom is -0.321 e. The van der Waals surface area contributed by atoms with E-state index in [4.69, 9.17) is 0 Å². The lowest BCUT2D eigenvalue weighted by molar-refractivity contribution is 0.102. The normalized spacial score (nSPS) is 11.6. The summed E-state index contributed by atoms with van der Waals surface area (Å²) in [4.78, 5) is 13.0. The predicted molar refractivity (Wildman–Crippen MR) is 110 cm³/mol. The molecule has 146 valence electrons. The van der Waals surface area contributed by atoms with E-state index in [1.807, 2.05) is 32.0 Å². The largest absolute Gasteiger partial charge is 0.321 e. The van der Waals surface area contributed by atoms with Gasteiger partial charge in [0.2, 0.25) is 10.0 Å². The van der Waals surface area contributed by atoms with Gasteiger partial charge in [-0.15, -0.1) is 0 Å². The molecule has 0 fully saturated rings. The first kappa shape index (κ1) is 21.1. The maximum absolute atomic E-state index is 12.9. The van der Waals surface area contributed by atoms with Crippen LogP contribution in [0.15, 0.2) is 41.3 Å². The topological polar surface area (TPSA) is 75.3 Å². The fourth-order valence-corrected chi connectivity index (χ4v) is 4.25. The number of amides is 1. The zero-order valence-corrected chi connectivity index (χ0v) is 17.4. The van der Waals surface area contributed by atoms with Gasteiger partial charge in [0, 0.05) is 17.3 Å². The predicted octanol–water partition coefficient (Wildman–Crippen LogP) is 4.06. The van der Waals surface area contributed by atoms with E-state index in [9.17, 15) is 13.2 Å². The van der Waals surface area contributed by atoms with Crippen molar-refractivity contribution in [3.63, 3.8) is 0 Å². The van der Waals surface area contributed by atoms with Crippen molar-refractivity contribution in [1.82, 2.24) is 4.72 Å². The first-order valence-electron chi connectivity index (χ1n) is 9.24. The zero-order valence-electron chi connectivity index (χ0n) is 16.6. The molecule has 0 unspecified atom stereocenters. The summed E-state index contributed by atoms with van der Waals surface area (Å²) in [5.41, 5.74) is 4.02. The molecule has 1 amide bonds. The van der Waals surface area contributed by atoms with E-state index in [1.54, 1.807) is 26.8 Å². The summed E-state index contributed by atoms with van der Waals surface area (Å²) < 4.78 is 27.4. The number of hydrogen-bond acceptors (Lipinski definition) is 3. The molecule has 0 aromatic heterocycles. The van der Waals surface area contributed by atoms with E-state index in [-0.39, 0.29) is 16.8 Å². The van der Waals surface area contributed by atoms with Crippen LogP contribution in [0.1, 0.15) is 54.7 Å². The Morgan fingerprint density at radius 2 is 1.63 bits per heavy atom. The molecule has 0 saturated carbocycles. The third-order valence-corrected chi connectivity index (χ3v) is 6.05. The van der Waals surface area contributed by atoms with Gasteiger partial charge in [-0.3, -0.25) is 4.79 Å². The second kappa shape index (κ2) is 8.67. The minimum absolute atomic E-state index is 0.0893. The highest BCUT2D eigenvalue weighted by molar-refractivity contribution is 7.89. The number of para-hydroxylation sites is 1. The number of sulfonamides is 1. The summed E-state index contributed by atoms with van der Waals surface area (Å²) in [6.45, 7) is 9.40. The number of nitrogens with one attached hydrogen (secondary N) is 2. The average Bonchev–Trinajstić information content (AvgIpc) is 2.60. The second-order valence-electron chi connectivity index (χ2n) is 6.87. The maximum atomic E-state index is 12.9. The molecule has 0 bridgehead atoms. The van der Waals surface area contributed by atoms with Crippen molar-refractivity contribution >= 4 is 21.6 Å². The SMILES string of the molecule is CCc1cccc(CC)c1NC(=O)c1cc(S(=O)(=O)NC(C)C)ccc1C. The molecule has 0 radical (unpaired) electrons. The highest BCUT2D eigenvalue weighted by Crippen LogP contribution is 2.24. The van der Waals surface area contributed by atoms with Gasteiger partial charge in [-0.05, 0) is 62.4 Å². The highest BCUT2D eigenvalue weighted by Gasteiger charge is 2.20. The summed E-state index contributed by atoms with van der Waals surface area (Å²) in [5, 5.41) is 3.00. The van der Waals surface area contributed by atoms with Gasteiger partial charge in [0.25, 0.3) is 5.91 Å². The Bertz CT molecular complexity index is 912. The van der Waals surface area contributed by atoms with Gasteiger partial charge in [0.15, 0.2) is 0 Å². The molecule has 27 heavy (non-hydrogen) atoms. The maximum Gasteiger partial charge on any atom is 0.255 e. The van der Waals surface area contributed by atoms with E-state index in [1.165, 1.54) is 12.1 Å². The molecular formula is C21H28N2O3S. The van der Waals surface area contributed by atoms with Gasteiger partial charge in [-0.1, -0.05) is 38.1 Å². The van der Waals surface area contributed by atoms with Gasteiger partial charge in [0.1, 0.15) is 0 Å². The van der Waals surface area contributed by atoms with Gasteiger partial charge >= 0.3 is 0 Å². The number of rotatable bonds is 7. The Balaban J connectivity index is 2.42. The molecule has 2 N–H and O–H groups in total. The van der Waals surface area contributed by atoms with Gasteiger partial charge in [-0.2, -0.15) is 0 Å². The average molecular weight is 389 g/mol. The molecule has 2 aromatic carbocycles. The summed E-state index contributed by atoms with van der Waals surface area (Å²) in [6, 6.07) is 10.4. The second-order valence-corrected chi connectivity index (χ2v) is 8.58. The molecule has 6 heteroatoms. The van der Waals surface area contributed by atoms with Crippen LogP contribution in [0.2, 0.25) is 0 Å². The van der Waals surface area contributed by atoms with Crippen LogP contribution < -0.4 is 10.0 Å². The molecule has 0 aliphatic carbocycles. The van der Waals surface area contributed by atoms with Crippen LogP contribution in [-0.4, -0.2) is 20.4 Å². The fraction of sp³-hybridized carbons (Fsp3) is 0.381. The summed E-state index contributed by atoms with van der Waals surface area (Å²) in [7, 11) is -3.66. The van der Waals surface area contributed by atoms with Crippen LogP contribution in [-0.2, 0) is 22.9 Å². The number of carbonyl (C=O) groups excluding carboxylic acids is 1. The molecule has 0 spiro atoms. The quantitative estimate of drug-likeness (QED) is 0.751. The van der Waals surface area contributed by atoms with Gasteiger partial charge in [-0.25, -0.2) is 13.1 Å². The van der Waals surface area contributed by atoms with Crippen molar-refractivity contribution < 1.29 is 13.2 Å². The lowest BCUT2D eigenvalue weighted by Crippen LogP contribution is -2.30. The summed E-state index contributed by atoms with van der Waals surface area (Å²) in [6.07, 6.45) is 1.60. The van der Waals surface area contributed by atoms with Crippen LogP contribution in [0.5, 0.6) is 0 Å². The molecule has 0 aliphatic heterocycles. The molecule has 0 heterocycles. The number of benzene rings is 2. The first-order chi connectivity index (χ1) is 12.7. The fourth-order valence-electron chi connectivity index (χ4n) is 2.98. The van der Waals surface area contributed by atoms with Crippen molar-refractivity contribution in [1.29, 1.82) is 0 Å². The standard InChI is InChI=1S/C21H28N2O3S/c1-6-16-9-8-10-17(7-2)20(16)22-21(24)19-13-18(12-11-15(19)5)27(25,26)23-14(3)4/h8-14,23H,6-7H2,1-5H3,(H,22,24). The van der Waals surface area contributed by atoms with Gasteiger partial charge in [0.05, 0.1) is 4.90 Å². The molecule has 0 saturated heterocycles. The third-order valence-electron chi connectivity index (χ3n) is 4.39. The number of carbonyl (C=O) groups is 1. The van der Waals surface area contributed by atoms with Crippen molar-refractivity contribution in [2.45, 2.75) is 58.4 Å². The smallest absolute Gasteiger partial charge is 0.255 e. The Morgan fingerprint density at radius 3 is 2.15 bits per heavy atom. The van der Waals surface area contributed by atoms with Crippen LogP contribution in [0.3, 0.4) is 0 Å². The van der Waals surface area contributed by atoms with E-state index in [0.29, 0.717) is 5.56 Å². The number of anilines is 1. The van der Waals surface area contributed by atoms with Crippen molar-refractivity contribution in [3.8, 4) is 0 Å². The van der Waals surface area contributed by atoms with E-state index in [0.717, 1.165) is 35.2 Å². The van der Waals surface area contributed by atoms with E-state index >= 15 is 0 Å². The zero-order chi connectivity index (χ0) is 20.2. The number of aryl methyl sites for hydroxylation is 3. The number of hydrogen-bond donors (Lipinski definition) is 2. The Kier molecular flexibility index (Phi) is 6.78. The van der Waals surface area contributed by atoms with Gasteiger partial charge < -0.3 is 5.32 Å². The van der Waals surface area contributed by atoms with Crippen LogP contribution >= 0.6 is 0 Å². The van der Waals surface area contributed by atoms with Crippen molar-refractivity contribution in [2.75, 3.05) is 5.32 Å². The lowest BCUT2D eigenvalue weighted by atomic mass is 10.0. The molecule has 0 aliphatic rings.